The molecule has 1 aromatic heterocycles. The van der Waals surface area contributed by atoms with Crippen molar-refractivity contribution in [3.63, 3.8) is 0 Å². The topological polar surface area (TPSA) is 68.1 Å². The molecule has 1 aromatic rings. The molecule has 0 spiro atoms. The first-order valence-corrected chi connectivity index (χ1v) is 4.53. The van der Waals surface area contributed by atoms with Gasteiger partial charge in [-0.15, -0.1) is 0 Å². The first-order valence-electron chi connectivity index (χ1n) is 4.53. The second-order valence-corrected chi connectivity index (χ2v) is 3.43. The van der Waals surface area contributed by atoms with E-state index in [-0.39, 0.29) is 16.7 Å². The van der Waals surface area contributed by atoms with E-state index in [0.29, 0.717) is 5.69 Å². The number of nitro groups is 1. The van der Waals surface area contributed by atoms with Crippen LogP contribution >= 0.6 is 0 Å². The Balaban J connectivity index is 2.34. The van der Waals surface area contributed by atoms with Crippen LogP contribution in [0.15, 0.2) is 12.3 Å². The minimum Gasteiger partial charge on any atom is -0.310 e. The quantitative estimate of drug-likeness (QED) is 0.568. The third kappa shape index (κ3) is 1.46. The third-order valence-electron chi connectivity index (χ3n) is 2.50. The standard InChI is InChI=1S/C9H11N3O2/c1-6-9(12(13)14)4-7(5-11-6)8-2-3-10-8/h4-5,8,10H,2-3H2,1H3. The van der Waals surface area contributed by atoms with Gasteiger partial charge in [-0.2, -0.15) is 0 Å². The highest BCUT2D eigenvalue weighted by molar-refractivity contribution is 5.38. The Hall–Kier alpha value is -1.49. The first-order chi connectivity index (χ1) is 6.68. The molecule has 1 fully saturated rings. The van der Waals surface area contributed by atoms with Crippen molar-refractivity contribution in [2.24, 2.45) is 0 Å². The van der Waals surface area contributed by atoms with Crippen LogP contribution in [0, 0.1) is 17.0 Å². The van der Waals surface area contributed by atoms with Crippen molar-refractivity contribution in [1.82, 2.24) is 10.3 Å². The van der Waals surface area contributed by atoms with Crippen molar-refractivity contribution in [3.8, 4) is 0 Å². The molecule has 1 aliphatic heterocycles. The van der Waals surface area contributed by atoms with Crippen LogP contribution in [0.25, 0.3) is 0 Å². The molecule has 74 valence electrons. The van der Waals surface area contributed by atoms with Gasteiger partial charge in [0.25, 0.3) is 5.69 Å². The Bertz CT molecular complexity index is 374. The minimum absolute atomic E-state index is 0.108. The lowest BCUT2D eigenvalue weighted by Gasteiger charge is -2.27. The van der Waals surface area contributed by atoms with Crippen molar-refractivity contribution >= 4 is 5.69 Å². The van der Waals surface area contributed by atoms with E-state index >= 15 is 0 Å². The lowest BCUT2D eigenvalue weighted by Crippen LogP contribution is -2.35. The molecule has 14 heavy (non-hydrogen) atoms. The molecule has 2 rings (SSSR count). The highest BCUT2D eigenvalue weighted by atomic mass is 16.6. The zero-order valence-electron chi connectivity index (χ0n) is 7.86. The van der Waals surface area contributed by atoms with E-state index in [1.807, 2.05) is 0 Å². The number of pyridine rings is 1. The summed E-state index contributed by atoms with van der Waals surface area (Å²) in [5.74, 6) is 0. The molecule has 5 nitrogen and oxygen atoms in total. The van der Waals surface area contributed by atoms with Crippen molar-refractivity contribution in [3.05, 3.63) is 33.6 Å². The molecule has 2 heterocycles. The molecule has 5 heteroatoms. The van der Waals surface area contributed by atoms with Gasteiger partial charge in [-0.1, -0.05) is 0 Å². The largest absolute Gasteiger partial charge is 0.310 e. The molecule has 1 unspecified atom stereocenters. The van der Waals surface area contributed by atoms with Crippen molar-refractivity contribution < 1.29 is 4.92 Å². The van der Waals surface area contributed by atoms with E-state index in [1.165, 1.54) is 0 Å². The van der Waals surface area contributed by atoms with Crippen molar-refractivity contribution in [2.45, 2.75) is 19.4 Å². The Morgan fingerprint density at radius 2 is 2.43 bits per heavy atom. The highest BCUT2D eigenvalue weighted by Gasteiger charge is 2.22. The normalized spacial score (nSPS) is 20.2. The number of hydrogen-bond acceptors (Lipinski definition) is 4. The molecule has 0 saturated carbocycles. The predicted octanol–water partition coefficient (Wildman–Crippen LogP) is 1.33. The number of aromatic nitrogens is 1. The van der Waals surface area contributed by atoms with E-state index in [2.05, 4.69) is 10.3 Å². The molecule has 0 aromatic carbocycles. The molecule has 0 aliphatic carbocycles. The fourth-order valence-electron chi connectivity index (χ4n) is 1.49. The van der Waals surface area contributed by atoms with Crippen LogP contribution < -0.4 is 5.32 Å². The monoisotopic (exact) mass is 193 g/mol. The minimum atomic E-state index is -0.384. The van der Waals surface area contributed by atoms with Crippen LogP contribution in [0.1, 0.15) is 23.7 Å². The van der Waals surface area contributed by atoms with Crippen molar-refractivity contribution in [1.29, 1.82) is 0 Å². The number of nitrogens with one attached hydrogen (secondary N) is 1. The highest BCUT2D eigenvalue weighted by Crippen LogP contribution is 2.26. The zero-order chi connectivity index (χ0) is 10.1. The van der Waals surface area contributed by atoms with Gasteiger partial charge in [0.1, 0.15) is 5.69 Å². The summed E-state index contributed by atoms with van der Waals surface area (Å²) < 4.78 is 0. The van der Waals surface area contributed by atoms with E-state index in [1.54, 1.807) is 19.2 Å². The Labute approximate surface area is 81.3 Å². The maximum absolute atomic E-state index is 10.6. The van der Waals surface area contributed by atoms with Gasteiger partial charge in [-0.3, -0.25) is 15.1 Å². The molecular weight excluding hydrogens is 182 g/mol. The Morgan fingerprint density at radius 1 is 1.71 bits per heavy atom. The molecule has 0 radical (unpaired) electrons. The summed E-state index contributed by atoms with van der Waals surface area (Å²) in [6.45, 7) is 2.63. The summed E-state index contributed by atoms with van der Waals surface area (Å²) in [5, 5.41) is 13.8. The summed E-state index contributed by atoms with van der Waals surface area (Å²) >= 11 is 0. The van der Waals surface area contributed by atoms with Crippen molar-refractivity contribution in [2.75, 3.05) is 6.54 Å². The van der Waals surface area contributed by atoms with Gasteiger partial charge < -0.3 is 5.32 Å². The maximum Gasteiger partial charge on any atom is 0.290 e. The summed E-state index contributed by atoms with van der Waals surface area (Å²) in [6, 6.07) is 1.86. The molecule has 0 amide bonds. The Morgan fingerprint density at radius 3 is 2.93 bits per heavy atom. The van der Waals surface area contributed by atoms with Gasteiger partial charge in [0.15, 0.2) is 0 Å². The van der Waals surface area contributed by atoms with Gasteiger partial charge in [-0.05, 0) is 25.5 Å². The predicted molar refractivity (Wildman–Crippen MR) is 51.0 cm³/mol. The summed E-state index contributed by atoms with van der Waals surface area (Å²) in [5.41, 5.74) is 1.49. The lowest BCUT2D eigenvalue weighted by atomic mass is 9.99. The molecule has 1 atom stereocenters. The van der Waals surface area contributed by atoms with E-state index < -0.39 is 0 Å². The van der Waals surface area contributed by atoms with Crippen LogP contribution in [0.2, 0.25) is 0 Å². The van der Waals surface area contributed by atoms with Crippen LogP contribution in [0.3, 0.4) is 0 Å². The number of nitrogens with zero attached hydrogens (tertiary/aromatic N) is 2. The van der Waals surface area contributed by atoms with Gasteiger partial charge in [0, 0.05) is 18.3 Å². The second kappa shape index (κ2) is 3.34. The Kier molecular flexibility index (Phi) is 2.17. The number of rotatable bonds is 2. The van der Waals surface area contributed by atoms with E-state index in [4.69, 9.17) is 0 Å². The third-order valence-corrected chi connectivity index (χ3v) is 2.50. The van der Waals surface area contributed by atoms with Crippen LogP contribution in [0.5, 0.6) is 0 Å². The molecule has 1 aliphatic rings. The summed E-state index contributed by atoms with van der Waals surface area (Å²) in [6.07, 6.45) is 2.74. The summed E-state index contributed by atoms with van der Waals surface area (Å²) in [4.78, 5) is 14.3. The molecule has 1 N–H and O–H groups in total. The molecular formula is C9H11N3O2. The van der Waals surface area contributed by atoms with Gasteiger partial charge in [0.05, 0.1) is 4.92 Å². The fraction of sp³-hybridized carbons (Fsp3) is 0.444. The maximum atomic E-state index is 10.6. The SMILES string of the molecule is Cc1ncc(C2CCN2)cc1[N+](=O)[O-]. The second-order valence-electron chi connectivity index (χ2n) is 3.43. The van der Waals surface area contributed by atoms with Crippen LogP contribution in [-0.2, 0) is 0 Å². The molecule has 0 bridgehead atoms. The van der Waals surface area contributed by atoms with Gasteiger partial charge in [0.2, 0.25) is 0 Å². The van der Waals surface area contributed by atoms with E-state index in [0.717, 1.165) is 18.5 Å². The van der Waals surface area contributed by atoms with Crippen LogP contribution in [-0.4, -0.2) is 16.5 Å². The first kappa shape index (κ1) is 9.08. The smallest absolute Gasteiger partial charge is 0.290 e. The lowest BCUT2D eigenvalue weighted by molar-refractivity contribution is -0.385. The fourth-order valence-corrected chi connectivity index (χ4v) is 1.49. The number of hydrogen-bond donors (Lipinski definition) is 1. The van der Waals surface area contributed by atoms with Gasteiger partial charge in [-0.25, -0.2) is 0 Å². The molecule has 1 saturated heterocycles. The zero-order valence-corrected chi connectivity index (χ0v) is 7.86. The van der Waals surface area contributed by atoms with E-state index in [9.17, 15) is 10.1 Å². The average molecular weight is 193 g/mol. The van der Waals surface area contributed by atoms with Gasteiger partial charge >= 0.3 is 0 Å². The number of aryl methyl sites for hydroxylation is 1. The summed E-state index contributed by atoms with van der Waals surface area (Å²) in [7, 11) is 0. The van der Waals surface area contributed by atoms with Crippen LogP contribution in [0.4, 0.5) is 5.69 Å². The average Bonchev–Trinajstić information content (AvgIpc) is 2.04.